The van der Waals surface area contributed by atoms with Gasteiger partial charge in [-0.15, -0.1) is 0 Å². The predicted molar refractivity (Wildman–Crippen MR) is 50.7 cm³/mol. The van der Waals surface area contributed by atoms with Crippen LogP contribution in [0.3, 0.4) is 0 Å². The lowest BCUT2D eigenvalue weighted by Crippen LogP contribution is -2.16. The Bertz CT molecular complexity index is 172. The van der Waals surface area contributed by atoms with E-state index >= 15 is 0 Å². The van der Waals surface area contributed by atoms with Gasteiger partial charge < -0.3 is 5.32 Å². The van der Waals surface area contributed by atoms with Gasteiger partial charge in [0.1, 0.15) is 0 Å². The van der Waals surface area contributed by atoms with Gasteiger partial charge in [0, 0.05) is 0 Å². The Morgan fingerprint density at radius 3 is 2.50 bits per heavy atom. The molecule has 56 valence electrons. The van der Waals surface area contributed by atoms with Crippen molar-refractivity contribution in [1.29, 1.82) is 0 Å². The molecule has 2 nitrogen and oxygen atoms in total. The van der Waals surface area contributed by atoms with Crippen molar-refractivity contribution in [2.45, 2.75) is 13.8 Å². The summed E-state index contributed by atoms with van der Waals surface area (Å²) in [5.74, 6) is -0.0787. The monoisotopic (exact) mass is 251 g/mol. The Morgan fingerprint density at radius 2 is 2.10 bits per heavy atom. The number of rotatable bonds is 2. The van der Waals surface area contributed by atoms with Crippen LogP contribution in [0, 0.1) is 0 Å². The molecule has 0 bridgehead atoms. The molecule has 0 aliphatic heterocycles. The van der Waals surface area contributed by atoms with E-state index in [1.165, 1.54) is 6.08 Å². The van der Waals surface area contributed by atoms with Gasteiger partial charge in [-0.3, -0.25) is 4.79 Å². The van der Waals surface area contributed by atoms with Gasteiger partial charge in [-0.1, -0.05) is 12.2 Å². The fraction of sp³-hybridized carbons (Fsp3) is 0.286. The molecular formula is C7H10INO. The third-order valence-corrected chi connectivity index (χ3v) is 1.71. The molecule has 0 atom stereocenters. The Kier molecular flexibility index (Phi) is 5.29. The quantitative estimate of drug-likeness (QED) is 0.453. The summed E-state index contributed by atoms with van der Waals surface area (Å²) in [7, 11) is 0. The molecular weight excluding hydrogens is 241 g/mol. The molecule has 0 aromatic rings. The Morgan fingerprint density at radius 1 is 1.50 bits per heavy atom. The highest BCUT2D eigenvalue weighted by Gasteiger charge is 1.93. The molecule has 0 rings (SSSR count). The smallest absolute Gasteiger partial charge is 0.248 e. The van der Waals surface area contributed by atoms with Gasteiger partial charge in [0.15, 0.2) is 0 Å². The molecule has 10 heavy (non-hydrogen) atoms. The van der Waals surface area contributed by atoms with Gasteiger partial charge in [0.2, 0.25) is 5.91 Å². The number of hydrogen-bond acceptors (Lipinski definition) is 1. The van der Waals surface area contributed by atoms with Crippen LogP contribution in [-0.4, -0.2) is 5.91 Å². The number of carbonyl (C=O) groups is 1. The number of allylic oxidation sites excluding steroid dienone is 2. The molecule has 0 spiro atoms. The molecule has 0 fully saturated rings. The lowest BCUT2D eigenvalue weighted by Gasteiger charge is -1.96. The highest BCUT2D eigenvalue weighted by Crippen LogP contribution is 1.98. The normalized spacial score (nSPS) is 12.1. The molecule has 0 saturated carbocycles. The van der Waals surface area contributed by atoms with Gasteiger partial charge >= 0.3 is 0 Å². The standard InChI is InChI=1S/C7H10INO/c1-3-5-7(10)9-6(8)4-2/h3-5H,1-2H3,(H,9,10)/b5-3-,6-4-. The first-order valence-corrected chi connectivity index (χ1v) is 4.04. The highest BCUT2D eigenvalue weighted by molar-refractivity contribution is 14.1. The van der Waals surface area contributed by atoms with Crippen LogP contribution in [0.15, 0.2) is 21.9 Å². The van der Waals surface area contributed by atoms with Gasteiger partial charge in [0.05, 0.1) is 3.70 Å². The first kappa shape index (κ1) is 9.68. The Labute approximate surface area is 74.5 Å². The van der Waals surface area contributed by atoms with Crippen LogP contribution in [-0.2, 0) is 4.79 Å². The summed E-state index contributed by atoms with van der Waals surface area (Å²) in [6, 6.07) is 0. The topological polar surface area (TPSA) is 29.1 Å². The molecule has 0 unspecified atom stereocenters. The molecule has 0 heterocycles. The summed E-state index contributed by atoms with van der Waals surface area (Å²) in [4.78, 5) is 10.8. The second-order valence-electron chi connectivity index (χ2n) is 1.63. The van der Waals surface area contributed by atoms with E-state index in [2.05, 4.69) is 27.9 Å². The van der Waals surface area contributed by atoms with Crippen molar-refractivity contribution < 1.29 is 4.79 Å². The largest absolute Gasteiger partial charge is 0.318 e. The predicted octanol–water partition coefficient (Wildman–Crippen LogP) is 1.98. The number of amides is 1. The zero-order chi connectivity index (χ0) is 7.98. The number of nitrogens with one attached hydrogen (secondary N) is 1. The van der Waals surface area contributed by atoms with E-state index in [9.17, 15) is 4.79 Å². The number of carbonyl (C=O) groups excluding carboxylic acids is 1. The van der Waals surface area contributed by atoms with Crippen LogP contribution in [0.5, 0.6) is 0 Å². The van der Waals surface area contributed by atoms with Crippen molar-refractivity contribution in [2.24, 2.45) is 0 Å². The fourth-order valence-electron chi connectivity index (χ4n) is 0.383. The minimum atomic E-state index is -0.0787. The third-order valence-electron chi connectivity index (χ3n) is 0.814. The van der Waals surface area contributed by atoms with Crippen LogP contribution in [0.1, 0.15) is 13.8 Å². The van der Waals surface area contributed by atoms with Crippen LogP contribution in [0.25, 0.3) is 0 Å². The molecule has 3 heteroatoms. The van der Waals surface area contributed by atoms with Crippen LogP contribution >= 0.6 is 22.6 Å². The minimum Gasteiger partial charge on any atom is -0.318 e. The molecule has 0 aromatic carbocycles. The molecule has 1 amide bonds. The first-order valence-electron chi connectivity index (χ1n) is 2.96. The van der Waals surface area contributed by atoms with Crippen LogP contribution in [0.2, 0.25) is 0 Å². The van der Waals surface area contributed by atoms with E-state index in [4.69, 9.17) is 0 Å². The number of hydrogen-bond donors (Lipinski definition) is 1. The average Bonchev–Trinajstić information content (AvgIpc) is 1.88. The summed E-state index contributed by atoms with van der Waals surface area (Å²) in [5.41, 5.74) is 0. The van der Waals surface area contributed by atoms with Crippen molar-refractivity contribution in [3.63, 3.8) is 0 Å². The molecule has 0 aliphatic carbocycles. The van der Waals surface area contributed by atoms with Crippen LogP contribution in [0.4, 0.5) is 0 Å². The van der Waals surface area contributed by atoms with Crippen molar-refractivity contribution in [1.82, 2.24) is 5.32 Å². The van der Waals surface area contributed by atoms with Crippen molar-refractivity contribution in [3.05, 3.63) is 21.9 Å². The van der Waals surface area contributed by atoms with Gasteiger partial charge in [-0.2, -0.15) is 0 Å². The third kappa shape index (κ3) is 4.55. The van der Waals surface area contributed by atoms with Crippen LogP contribution < -0.4 is 5.32 Å². The summed E-state index contributed by atoms with van der Waals surface area (Å²) in [6.45, 7) is 3.68. The fourth-order valence-corrected chi connectivity index (χ4v) is 0.649. The zero-order valence-corrected chi connectivity index (χ0v) is 8.18. The minimum absolute atomic E-state index is 0.0787. The summed E-state index contributed by atoms with van der Waals surface area (Å²) in [5, 5.41) is 2.65. The maximum Gasteiger partial charge on any atom is 0.248 e. The average molecular weight is 251 g/mol. The number of halogens is 1. The SMILES string of the molecule is C/C=C\C(=O)N/C(I)=C\C. The van der Waals surface area contributed by atoms with Crippen molar-refractivity contribution in [3.8, 4) is 0 Å². The summed E-state index contributed by atoms with van der Waals surface area (Å²) in [6.07, 6.45) is 5.03. The van der Waals surface area contributed by atoms with E-state index < -0.39 is 0 Å². The van der Waals surface area contributed by atoms with Gasteiger partial charge in [-0.05, 0) is 42.5 Å². The van der Waals surface area contributed by atoms with Crippen molar-refractivity contribution >= 4 is 28.5 Å². The summed E-state index contributed by atoms with van der Waals surface area (Å²) < 4.78 is 0.848. The summed E-state index contributed by atoms with van der Waals surface area (Å²) >= 11 is 2.06. The molecule has 0 radical (unpaired) electrons. The highest BCUT2D eigenvalue weighted by atomic mass is 127. The lowest BCUT2D eigenvalue weighted by atomic mass is 10.5. The second kappa shape index (κ2) is 5.46. The maximum atomic E-state index is 10.8. The first-order chi connectivity index (χ1) is 4.70. The Hall–Kier alpha value is -0.320. The van der Waals surface area contributed by atoms with E-state index in [0.717, 1.165) is 3.70 Å². The van der Waals surface area contributed by atoms with Gasteiger partial charge in [0.25, 0.3) is 0 Å². The van der Waals surface area contributed by atoms with E-state index in [1.807, 2.05) is 19.9 Å². The second-order valence-corrected chi connectivity index (χ2v) is 2.79. The lowest BCUT2D eigenvalue weighted by molar-refractivity contribution is -0.115. The van der Waals surface area contributed by atoms with Crippen molar-refractivity contribution in [2.75, 3.05) is 0 Å². The van der Waals surface area contributed by atoms with E-state index in [-0.39, 0.29) is 5.91 Å². The Balaban J connectivity index is 3.80. The maximum absolute atomic E-state index is 10.8. The molecule has 0 aromatic heterocycles. The molecule has 1 N–H and O–H groups in total. The zero-order valence-electron chi connectivity index (χ0n) is 6.02. The molecule has 0 saturated heterocycles. The van der Waals surface area contributed by atoms with E-state index in [0.29, 0.717) is 0 Å². The van der Waals surface area contributed by atoms with Gasteiger partial charge in [-0.25, -0.2) is 0 Å². The molecule has 0 aliphatic rings. The van der Waals surface area contributed by atoms with E-state index in [1.54, 1.807) is 6.08 Å².